The predicted octanol–water partition coefficient (Wildman–Crippen LogP) is 1.61. The molecule has 1 unspecified atom stereocenters. The Morgan fingerprint density at radius 3 is 2.40 bits per heavy atom. The third-order valence-corrected chi connectivity index (χ3v) is 6.77. The number of aromatic nitrogens is 2. The van der Waals surface area contributed by atoms with Crippen LogP contribution in [0.3, 0.4) is 0 Å². The second-order valence-corrected chi connectivity index (χ2v) is 9.27. The fourth-order valence-electron chi connectivity index (χ4n) is 2.31. The number of rotatable bonds is 6. The number of sulfone groups is 1. The van der Waals surface area contributed by atoms with Crippen molar-refractivity contribution in [2.75, 3.05) is 12.0 Å². The van der Waals surface area contributed by atoms with Crippen LogP contribution in [0.4, 0.5) is 0 Å². The molecule has 1 aromatic carbocycles. The van der Waals surface area contributed by atoms with E-state index in [1.54, 1.807) is 13.8 Å². The molecule has 0 radical (unpaired) electrons. The number of carbonyl (C=O) groups excluding carboxylic acids is 1. The third-order valence-electron chi connectivity index (χ3n) is 3.60. The van der Waals surface area contributed by atoms with Crippen molar-refractivity contribution >= 4 is 38.0 Å². The largest absolute Gasteiger partial charge is 0.302 e. The van der Waals surface area contributed by atoms with Crippen LogP contribution < -0.4 is 5.56 Å². The van der Waals surface area contributed by atoms with E-state index in [2.05, 4.69) is 5.10 Å². The molecular weight excluding hydrogens is 388 g/mol. The van der Waals surface area contributed by atoms with E-state index in [0.717, 1.165) is 6.26 Å². The van der Waals surface area contributed by atoms with Gasteiger partial charge in [0.1, 0.15) is 5.56 Å². The quantitative estimate of drug-likeness (QED) is 0.736. The monoisotopic (exact) mass is 404 g/mol. The highest BCUT2D eigenvalue weighted by Gasteiger charge is 2.26. The highest BCUT2D eigenvalue weighted by atomic mass is 35.5. The summed E-state index contributed by atoms with van der Waals surface area (Å²) in [5.41, 5.74) is -0.691. The molecule has 1 atom stereocenters. The molecule has 0 saturated heterocycles. The Morgan fingerprint density at radius 1 is 1.28 bits per heavy atom. The van der Waals surface area contributed by atoms with Crippen LogP contribution in [0, 0.1) is 0 Å². The maximum absolute atomic E-state index is 12.7. The number of hydrogen-bond acceptors (Lipinski definition) is 5. The molecule has 1 aromatic heterocycles. The lowest BCUT2D eigenvalue weighted by atomic mass is 10.1. The molecule has 25 heavy (non-hydrogen) atoms. The van der Waals surface area contributed by atoms with Crippen LogP contribution in [0.5, 0.6) is 0 Å². The van der Waals surface area contributed by atoms with Crippen molar-refractivity contribution in [3.8, 4) is 0 Å². The highest BCUT2D eigenvalue weighted by Crippen LogP contribution is 2.32. The smallest absolute Gasteiger partial charge is 0.277 e. The number of aryl methyl sites for hydroxylation is 1. The fraction of sp³-hybridized carbons (Fsp3) is 0.333. The number of nitrogens with one attached hydrogen (secondary N) is 1. The van der Waals surface area contributed by atoms with E-state index in [1.807, 2.05) is 0 Å². The van der Waals surface area contributed by atoms with E-state index in [9.17, 15) is 22.2 Å². The van der Waals surface area contributed by atoms with E-state index < -0.39 is 32.0 Å². The first-order chi connectivity index (χ1) is 11.6. The van der Waals surface area contributed by atoms with Crippen molar-refractivity contribution in [1.82, 2.24) is 9.78 Å². The summed E-state index contributed by atoms with van der Waals surface area (Å²) in [6, 6.07) is 2.43. The predicted molar refractivity (Wildman–Crippen MR) is 95.7 cm³/mol. The molecule has 2 aromatic rings. The molecule has 0 bridgehead atoms. The molecule has 0 aliphatic carbocycles. The van der Waals surface area contributed by atoms with Gasteiger partial charge in [0.25, 0.3) is 5.56 Å². The normalized spacial score (nSPS) is 13.0. The van der Waals surface area contributed by atoms with E-state index in [1.165, 1.54) is 23.0 Å². The highest BCUT2D eigenvalue weighted by molar-refractivity contribution is 7.92. The Bertz CT molecular complexity index is 1020. The van der Waals surface area contributed by atoms with Crippen LogP contribution >= 0.6 is 11.6 Å². The number of halogens is 1. The summed E-state index contributed by atoms with van der Waals surface area (Å²) in [4.78, 5) is 24.5. The molecule has 0 spiro atoms. The molecular formula is C15H17ClN2O5S2. The van der Waals surface area contributed by atoms with Gasteiger partial charge in [-0.15, -0.1) is 0 Å². The zero-order valence-corrected chi connectivity index (χ0v) is 16.2. The molecule has 1 heterocycles. The second kappa shape index (κ2) is 7.27. The minimum Gasteiger partial charge on any atom is -0.302 e. The van der Waals surface area contributed by atoms with E-state index >= 15 is 0 Å². The summed E-state index contributed by atoms with van der Waals surface area (Å²) in [6.45, 7) is 3.71. The van der Waals surface area contributed by atoms with Crippen LogP contribution in [-0.2, 0) is 27.2 Å². The minimum absolute atomic E-state index is 0.0646. The van der Waals surface area contributed by atoms with E-state index in [-0.39, 0.29) is 31.7 Å². The Morgan fingerprint density at radius 2 is 1.92 bits per heavy atom. The number of hydrogen-bond donors (Lipinski definition) is 1. The first-order valence-electron chi connectivity index (χ1n) is 7.37. The van der Waals surface area contributed by atoms with Gasteiger partial charge in [-0.2, -0.15) is 0 Å². The van der Waals surface area contributed by atoms with Crippen molar-refractivity contribution in [1.29, 1.82) is 0 Å². The number of carbonyl (C=O) groups is 1. The van der Waals surface area contributed by atoms with Gasteiger partial charge in [0.05, 0.1) is 25.6 Å². The van der Waals surface area contributed by atoms with Crippen molar-refractivity contribution in [2.45, 2.75) is 30.2 Å². The van der Waals surface area contributed by atoms with Gasteiger partial charge in [0.2, 0.25) is 5.78 Å². The summed E-state index contributed by atoms with van der Waals surface area (Å²) in [5, 5.41) is 2.45. The maximum Gasteiger partial charge on any atom is 0.277 e. The molecule has 1 N–H and O–H groups in total. The average molecular weight is 405 g/mol. The summed E-state index contributed by atoms with van der Waals surface area (Å²) < 4.78 is 37.4. The fourth-order valence-corrected chi connectivity index (χ4v) is 5.26. The zero-order valence-electron chi connectivity index (χ0n) is 13.8. The number of H-pyrrole nitrogens is 1. The van der Waals surface area contributed by atoms with Crippen LogP contribution in [0.1, 0.15) is 29.8 Å². The second-order valence-electron chi connectivity index (χ2n) is 5.23. The van der Waals surface area contributed by atoms with Gasteiger partial charge < -0.3 is 5.10 Å². The Labute approximate surface area is 152 Å². The number of benzene rings is 1. The maximum atomic E-state index is 12.7. The first kappa shape index (κ1) is 19.6. The lowest BCUT2D eigenvalue weighted by Gasteiger charge is -2.12. The molecule has 2 rings (SSSR count). The lowest BCUT2D eigenvalue weighted by Crippen LogP contribution is -2.21. The Kier molecular flexibility index (Phi) is 5.70. The summed E-state index contributed by atoms with van der Waals surface area (Å²) in [7, 11) is -5.39. The minimum atomic E-state index is -3.69. The first-order valence-corrected chi connectivity index (χ1v) is 11.0. The number of nitrogens with zero attached hydrogens (tertiary/aromatic N) is 1. The molecule has 0 fully saturated rings. The van der Waals surface area contributed by atoms with Crippen molar-refractivity contribution in [3.63, 3.8) is 0 Å². The van der Waals surface area contributed by atoms with Crippen LogP contribution in [-0.4, -0.2) is 40.2 Å². The molecule has 0 saturated carbocycles. The molecule has 0 aliphatic rings. The SMILES string of the molecule is CCn1[nH]cc(C(=O)c2ccc(S(C)(=O)=O)c(S(=O)CC)c2Cl)c1=O. The Hall–Kier alpha value is -1.71. The summed E-state index contributed by atoms with van der Waals surface area (Å²) >= 11 is 6.23. The van der Waals surface area contributed by atoms with Gasteiger partial charge in [-0.05, 0) is 19.1 Å². The summed E-state index contributed by atoms with van der Waals surface area (Å²) in [5.74, 6) is -0.528. The number of aromatic amines is 1. The lowest BCUT2D eigenvalue weighted by molar-refractivity contribution is 0.103. The topological polar surface area (TPSA) is 106 Å². The van der Waals surface area contributed by atoms with Gasteiger partial charge in [-0.1, -0.05) is 18.5 Å². The third kappa shape index (κ3) is 3.63. The number of ketones is 1. The standard InChI is InChI=1S/C15H17ClN2O5S2/c1-4-18-15(20)10(8-17-18)13(19)9-6-7-11(25(3,22)23)14(12(9)16)24(21)5-2/h6-8,17H,4-5H2,1-3H3. The van der Waals surface area contributed by atoms with E-state index in [0.29, 0.717) is 6.54 Å². The van der Waals surface area contributed by atoms with Crippen molar-refractivity contribution in [3.05, 3.63) is 44.8 Å². The molecule has 136 valence electrons. The molecule has 0 amide bonds. The van der Waals surface area contributed by atoms with Gasteiger partial charge in [0.15, 0.2) is 9.84 Å². The van der Waals surface area contributed by atoms with Gasteiger partial charge in [-0.3, -0.25) is 18.5 Å². The summed E-state index contributed by atoms with van der Waals surface area (Å²) in [6.07, 6.45) is 2.24. The van der Waals surface area contributed by atoms with Gasteiger partial charge in [0, 0.05) is 30.3 Å². The molecule has 0 aliphatic heterocycles. The van der Waals surface area contributed by atoms with Crippen molar-refractivity contribution in [2.24, 2.45) is 0 Å². The van der Waals surface area contributed by atoms with Crippen LogP contribution in [0.25, 0.3) is 0 Å². The molecule has 10 heteroatoms. The van der Waals surface area contributed by atoms with Crippen LogP contribution in [0.15, 0.2) is 32.9 Å². The van der Waals surface area contributed by atoms with Crippen molar-refractivity contribution < 1.29 is 17.4 Å². The van der Waals surface area contributed by atoms with Crippen LogP contribution in [0.2, 0.25) is 5.02 Å². The molecule has 7 nitrogen and oxygen atoms in total. The zero-order chi connectivity index (χ0) is 18.9. The van der Waals surface area contributed by atoms with Gasteiger partial charge in [-0.25, -0.2) is 8.42 Å². The Balaban J connectivity index is 2.71. The van der Waals surface area contributed by atoms with Gasteiger partial charge >= 0.3 is 0 Å². The average Bonchev–Trinajstić information content (AvgIpc) is 2.93. The van der Waals surface area contributed by atoms with E-state index in [4.69, 9.17) is 11.6 Å².